The number of hydrogen-bond acceptors (Lipinski definition) is 5. The number of esters is 2. The Kier molecular flexibility index (Phi) is 4.34. The van der Waals surface area contributed by atoms with Gasteiger partial charge in [-0.1, -0.05) is 33.4 Å². The molecule has 5 atom stereocenters. The highest BCUT2D eigenvalue weighted by Crippen LogP contribution is 2.80. The van der Waals surface area contributed by atoms with Crippen molar-refractivity contribution in [3.63, 3.8) is 0 Å². The zero-order valence-corrected chi connectivity index (χ0v) is 19.1. The number of hydrogen-bond donors (Lipinski definition) is 0. The Morgan fingerprint density at radius 1 is 1.13 bits per heavy atom. The number of carbonyl (C=O) groups excluding carboxylic acids is 2. The van der Waals surface area contributed by atoms with Crippen molar-refractivity contribution in [1.29, 1.82) is 0 Å². The van der Waals surface area contributed by atoms with Crippen LogP contribution in [0.1, 0.15) is 73.6 Å². The van der Waals surface area contributed by atoms with Crippen LogP contribution < -0.4 is 0 Å². The second kappa shape index (κ2) is 6.09. The number of allylic oxidation sites excluding steroid dienone is 1. The Morgan fingerprint density at radius 2 is 1.80 bits per heavy atom. The Balaban J connectivity index is 2.01. The summed E-state index contributed by atoms with van der Waals surface area (Å²) in [4.78, 5) is 24.3. The van der Waals surface area contributed by atoms with Crippen LogP contribution in [-0.2, 0) is 23.8 Å². The summed E-state index contributed by atoms with van der Waals surface area (Å²) in [6, 6.07) is 0. The lowest BCUT2D eigenvalue weighted by molar-refractivity contribution is -0.161. The van der Waals surface area contributed by atoms with Gasteiger partial charge in [0.15, 0.2) is 0 Å². The number of rotatable bonds is 3. The molecule has 2 saturated carbocycles. The van der Waals surface area contributed by atoms with Crippen molar-refractivity contribution in [3.8, 4) is 0 Å². The van der Waals surface area contributed by atoms with Crippen LogP contribution in [0.5, 0.6) is 0 Å². The van der Waals surface area contributed by atoms with Crippen molar-refractivity contribution in [2.24, 2.45) is 16.2 Å². The largest absolute Gasteiger partial charge is 0.461 e. The molecule has 5 unspecified atom stereocenters. The van der Waals surface area contributed by atoms with Crippen LogP contribution in [0.15, 0.2) is 36.1 Å². The van der Waals surface area contributed by atoms with E-state index in [1.165, 1.54) is 13.8 Å². The molecule has 0 bridgehead atoms. The predicted molar refractivity (Wildman–Crippen MR) is 113 cm³/mol. The van der Waals surface area contributed by atoms with E-state index in [0.717, 1.165) is 30.4 Å². The molecular formula is C25H34O5. The van der Waals surface area contributed by atoms with Gasteiger partial charge in [0.05, 0.1) is 5.41 Å². The van der Waals surface area contributed by atoms with E-state index in [1.807, 2.05) is 6.08 Å². The summed E-state index contributed by atoms with van der Waals surface area (Å²) in [6.07, 6.45) is 5.71. The standard InChI is InChI=1S/C25H34O5/c1-9-22(7)13-18-20(29-17(4)27)15(2)25-21(5,6)11-10-12-24(25,30-25)23(18,8)19(14-22)28-16(3)26/h9,19H,1-2,10-14H2,3-8H3. The average molecular weight is 415 g/mol. The summed E-state index contributed by atoms with van der Waals surface area (Å²) in [5, 5.41) is 0. The first-order valence-corrected chi connectivity index (χ1v) is 10.9. The summed E-state index contributed by atoms with van der Waals surface area (Å²) in [5.41, 5.74) is -0.496. The number of ether oxygens (including phenoxy) is 3. The Hall–Kier alpha value is -1.88. The minimum atomic E-state index is -0.623. The fourth-order valence-electron chi connectivity index (χ4n) is 6.97. The van der Waals surface area contributed by atoms with Crippen molar-refractivity contribution < 1.29 is 23.8 Å². The highest BCUT2D eigenvalue weighted by Gasteiger charge is 2.88. The average Bonchev–Trinajstić information content (AvgIpc) is 3.35. The lowest BCUT2D eigenvalue weighted by Gasteiger charge is -2.57. The molecular weight excluding hydrogens is 380 g/mol. The second-order valence-corrected chi connectivity index (χ2v) is 10.8. The third-order valence-electron chi connectivity index (χ3n) is 8.50. The lowest BCUT2D eigenvalue weighted by Crippen LogP contribution is -2.62. The van der Waals surface area contributed by atoms with E-state index in [9.17, 15) is 9.59 Å². The predicted octanol–water partition coefficient (Wildman–Crippen LogP) is 5.02. The minimum Gasteiger partial charge on any atom is -0.461 e. The van der Waals surface area contributed by atoms with Gasteiger partial charge in [0.1, 0.15) is 23.1 Å². The summed E-state index contributed by atoms with van der Waals surface area (Å²) in [5.74, 6) is -0.169. The van der Waals surface area contributed by atoms with Crippen LogP contribution in [0.2, 0.25) is 0 Å². The normalized spacial score (nSPS) is 43.7. The summed E-state index contributed by atoms with van der Waals surface area (Å²) in [7, 11) is 0. The van der Waals surface area contributed by atoms with E-state index in [-0.39, 0.29) is 22.8 Å². The molecule has 3 fully saturated rings. The first-order valence-electron chi connectivity index (χ1n) is 10.9. The van der Waals surface area contributed by atoms with Crippen LogP contribution in [-0.4, -0.2) is 29.2 Å². The third kappa shape index (κ3) is 2.33. The van der Waals surface area contributed by atoms with Gasteiger partial charge in [-0.2, -0.15) is 0 Å². The van der Waals surface area contributed by atoms with Crippen LogP contribution in [0.25, 0.3) is 0 Å². The molecule has 4 aliphatic rings. The first kappa shape index (κ1) is 21.4. The fraction of sp³-hybridized carbons (Fsp3) is 0.680. The second-order valence-electron chi connectivity index (χ2n) is 10.8. The van der Waals surface area contributed by atoms with Crippen LogP contribution in [0, 0.1) is 16.2 Å². The van der Waals surface area contributed by atoms with E-state index < -0.39 is 22.7 Å². The van der Waals surface area contributed by atoms with Gasteiger partial charge >= 0.3 is 11.9 Å². The molecule has 1 saturated heterocycles. The van der Waals surface area contributed by atoms with Crippen molar-refractivity contribution in [3.05, 3.63) is 36.1 Å². The molecule has 1 aliphatic heterocycles. The minimum absolute atomic E-state index is 0.178. The van der Waals surface area contributed by atoms with E-state index in [0.29, 0.717) is 18.6 Å². The van der Waals surface area contributed by atoms with Gasteiger partial charge in [0, 0.05) is 24.8 Å². The molecule has 4 rings (SSSR count). The molecule has 0 aromatic heterocycles. The van der Waals surface area contributed by atoms with Crippen LogP contribution >= 0.6 is 0 Å². The lowest BCUT2D eigenvalue weighted by atomic mass is 9.45. The molecule has 164 valence electrons. The van der Waals surface area contributed by atoms with Crippen molar-refractivity contribution in [1.82, 2.24) is 0 Å². The quantitative estimate of drug-likeness (QED) is 0.369. The van der Waals surface area contributed by atoms with Gasteiger partial charge in [0.25, 0.3) is 0 Å². The number of epoxide rings is 1. The smallest absolute Gasteiger partial charge is 0.308 e. The molecule has 0 radical (unpaired) electrons. The van der Waals surface area contributed by atoms with E-state index in [4.69, 9.17) is 14.2 Å². The Morgan fingerprint density at radius 3 is 2.37 bits per heavy atom. The molecule has 0 N–H and O–H groups in total. The third-order valence-corrected chi connectivity index (χ3v) is 8.50. The maximum absolute atomic E-state index is 12.1. The molecule has 1 heterocycles. The van der Waals surface area contributed by atoms with Crippen molar-refractivity contribution in [2.45, 2.75) is 91.0 Å². The van der Waals surface area contributed by atoms with Gasteiger partial charge in [-0.15, -0.1) is 6.58 Å². The molecule has 0 spiro atoms. The number of fused-ring (bicyclic) bond motifs is 1. The van der Waals surface area contributed by atoms with Gasteiger partial charge in [0.2, 0.25) is 0 Å². The first-order chi connectivity index (χ1) is 13.8. The van der Waals surface area contributed by atoms with Crippen molar-refractivity contribution in [2.75, 3.05) is 0 Å². The van der Waals surface area contributed by atoms with Gasteiger partial charge in [-0.05, 0) is 50.0 Å². The topological polar surface area (TPSA) is 65.1 Å². The van der Waals surface area contributed by atoms with Crippen LogP contribution in [0.3, 0.4) is 0 Å². The molecule has 5 heteroatoms. The Bertz CT molecular complexity index is 897. The van der Waals surface area contributed by atoms with Gasteiger partial charge in [-0.25, -0.2) is 0 Å². The molecule has 0 amide bonds. The SMILES string of the molecule is C=CC1(C)CC2=C(OC(C)=O)C(=C)C34OC3(CCCC4(C)C)C2(C)C(OC(C)=O)C1. The van der Waals surface area contributed by atoms with E-state index >= 15 is 0 Å². The summed E-state index contributed by atoms with van der Waals surface area (Å²) >= 11 is 0. The Labute approximate surface area is 179 Å². The maximum Gasteiger partial charge on any atom is 0.308 e. The number of carbonyl (C=O) groups is 2. The molecule has 0 aromatic carbocycles. The van der Waals surface area contributed by atoms with E-state index in [2.05, 4.69) is 40.9 Å². The molecule has 5 nitrogen and oxygen atoms in total. The highest BCUT2D eigenvalue weighted by molar-refractivity contribution is 5.71. The molecule has 3 aliphatic carbocycles. The van der Waals surface area contributed by atoms with Crippen LogP contribution in [0.4, 0.5) is 0 Å². The summed E-state index contributed by atoms with van der Waals surface area (Å²) < 4.78 is 18.6. The van der Waals surface area contributed by atoms with Crippen molar-refractivity contribution >= 4 is 11.9 Å². The zero-order valence-electron chi connectivity index (χ0n) is 19.1. The highest BCUT2D eigenvalue weighted by atomic mass is 16.6. The zero-order chi connectivity index (χ0) is 22.3. The maximum atomic E-state index is 12.1. The fourth-order valence-corrected chi connectivity index (χ4v) is 6.97. The van der Waals surface area contributed by atoms with Gasteiger partial charge in [-0.3, -0.25) is 9.59 Å². The van der Waals surface area contributed by atoms with Gasteiger partial charge < -0.3 is 14.2 Å². The monoisotopic (exact) mass is 414 g/mol. The summed E-state index contributed by atoms with van der Waals surface area (Å²) in [6.45, 7) is 20.0. The molecule has 0 aromatic rings. The van der Waals surface area contributed by atoms with E-state index in [1.54, 1.807) is 0 Å². The molecule has 30 heavy (non-hydrogen) atoms.